The third kappa shape index (κ3) is 11.8. The molecule has 1 N–H and O–H groups in total. The van der Waals surface area contributed by atoms with Crippen molar-refractivity contribution in [3.05, 3.63) is 80.4 Å². The summed E-state index contributed by atoms with van der Waals surface area (Å²) in [6.45, 7) is 17.3. The van der Waals surface area contributed by atoms with Gasteiger partial charge in [0.05, 0.1) is 49.3 Å². The number of carbonyl (C=O) groups is 3. The molecule has 0 bridgehead atoms. The summed E-state index contributed by atoms with van der Waals surface area (Å²) in [6, 6.07) is 14.9. The molecule has 0 aliphatic carbocycles. The number of rotatable bonds is 14. The lowest BCUT2D eigenvalue weighted by molar-refractivity contribution is -0.159. The largest absolute Gasteiger partial charge is 0.497 e. The lowest BCUT2D eigenvalue weighted by atomic mass is 9.74. The predicted octanol–water partition coefficient (Wildman–Crippen LogP) is 7.71. The van der Waals surface area contributed by atoms with Gasteiger partial charge in [0, 0.05) is 61.2 Å². The Morgan fingerprint density at radius 2 is 1.10 bits per heavy atom. The smallest absolute Gasteiger partial charge is 0.410 e. The minimum Gasteiger partial charge on any atom is -0.497 e. The number of amides is 1. The van der Waals surface area contributed by atoms with Gasteiger partial charge in [-0.05, 0) is 148 Å². The molecule has 344 valence electrons. The molecule has 4 heterocycles. The first-order valence-corrected chi connectivity index (χ1v) is 22.4. The topological polar surface area (TPSA) is 157 Å². The van der Waals surface area contributed by atoms with Crippen LogP contribution >= 0.6 is 0 Å². The van der Waals surface area contributed by atoms with Crippen molar-refractivity contribution < 1.29 is 38.1 Å². The number of piperidine rings is 2. The SMILES string of the molecule is CCOC(=O)C1(CCCn2c(=O)cc(C)c3ccc(OC)cc32)CCN(C(=O)OC(C)(C)C)CC1.CCOC(=O)C1(CCCn2c(=O)cc(C)c3ccc(OC)cc32)CCNCC1. The number of nitrogens with one attached hydrogen (secondary N) is 1. The Hall–Kier alpha value is -5.37. The molecule has 4 aromatic rings. The molecule has 0 radical (unpaired) electrons. The lowest BCUT2D eigenvalue weighted by Gasteiger charge is -2.40. The Balaban J connectivity index is 0.000000243. The molecule has 0 atom stereocenters. The summed E-state index contributed by atoms with van der Waals surface area (Å²) >= 11 is 0. The second-order valence-electron chi connectivity index (χ2n) is 17.8. The predicted molar refractivity (Wildman–Crippen MR) is 245 cm³/mol. The quantitative estimate of drug-likeness (QED) is 0.0978. The summed E-state index contributed by atoms with van der Waals surface area (Å²) in [7, 11) is 3.23. The Kier molecular flexibility index (Phi) is 16.5. The fourth-order valence-corrected chi connectivity index (χ4v) is 8.95. The van der Waals surface area contributed by atoms with Crippen LogP contribution in [0.3, 0.4) is 0 Å². The second-order valence-corrected chi connectivity index (χ2v) is 17.8. The normalized spacial score (nSPS) is 15.9. The molecule has 0 saturated carbocycles. The molecule has 2 aromatic carbocycles. The van der Waals surface area contributed by atoms with E-state index in [0.717, 1.165) is 77.5 Å². The van der Waals surface area contributed by atoms with E-state index >= 15 is 0 Å². The van der Waals surface area contributed by atoms with E-state index in [2.05, 4.69) is 5.32 Å². The van der Waals surface area contributed by atoms with Crippen LogP contribution in [-0.4, -0.2) is 91.3 Å². The summed E-state index contributed by atoms with van der Waals surface area (Å²) in [5.41, 5.74) is 1.78. The van der Waals surface area contributed by atoms with Crippen LogP contribution in [0.2, 0.25) is 0 Å². The number of aromatic nitrogens is 2. The number of carbonyl (C=O) groups excluding carboxylic acids is 3. The van der Waals surface area contributed by atoms with E-state index in [9.17, 15) is 24.0 Å². The Labute approximate surface area is 371 Å². The number of likely N-dealkylation sites (tertiary alicyclic amines) is 1. The van der Waals surface area contributed by atoms with E-state index in [-0.39, 0.29) is 29.2 Å². The molecule has 2 aliphatic heterocycles. The third-order valence-corrected chi connectivity index (χ3v) is 12.5. The lowest BCUT2D eigenvalue weighted by Crippen LogP contribution is -2.48. The molecule has 1 amide bonds. The minimum absolute atomic E-state index is 0.0197. The summed E-state index contributed by atoms with van der Waals surface area (Å²) in [5, 5.41) is 5.36. The monoisotopic (exact) mass is 872 g/mol. The van der Waals surface area contributed by atoms with Gasteiger partial charge in [0.1, 0.15) is 17.1 Å². The molecule has 6 rings (SSSR count). The van der Waals surface area contributed by atoms with Crippen molar-refractivity contribution in [3.63, 3.8) is 0 Å². The molecule has 0 spiro atoms. The third-order valence-electron chi connectivity index (χ3n) is 12.5. The van der Waals surface area contributed by atoms with Crippen molar-refractivity contribution in [2.45, 2.75) is 119 Å². The maximum absolute atomic E-state index is 13.0. The van der Waals surface area contributed by atoms with Crippen molar-refractivity contribution in [1.29, 1.82) is 0 Å². The molecule has 2 fully saturated rings. The number of benzene rings is 2. The molecular weight excluding hydrogens is 805 g/mol. The van der Waals surface area contributed by atoms with Gasteiger partial charge in [-0.15, -0.1) is 0 Å². The average Bonchev–Trinajstić information content (AvgIpc) is 3.25. The van der Waals surface area contributed by atoms with Crippen molar-refractivity contribution in [2.24, 2.45) is 10.8 Å². The summed E-state index contributed by atoms with van der Waals surface area (Å²) < 4.78 is 30.6. The van der Waals surface area contributed by atoms with Crippen molar-refractivity contribution in [2.75, 3.05) is 53.6 Å². The van der Waals surface area contributed by atoms with E-state index in [4.69, 9.17) is 23.7 Å². The highest BCUT2D eigenvalue weighted by atomic mass is 16.6. The Morgan fingerprint density at radius 1 is 0.667 bits per heavy atom. The van der Waals surface area contributed by atoms with Crippen LogP contribution < -0.4 is 25.9 Å². The van der Waals surface area contributed by atoms with Gasteiger partial charge in [-0.3, -0.25) is 19.2 Å². The number of hydrogen-bond donors (Lipinski definition) is 1. The zero-order valence-electron chi connectivity index (χ0n) is 38.9. The van der Waals surface area contributed by atoms with Crippen LogP contribution in [0.25, 0.3) is 21.8 Å². The number of methoxy groups -OCH3 is 2. The second kappa shape index (κ2) is 21.3. The van der Waals surface area contributed by atoms with E-state index in [1.165, 1.54) is 0 Å². The molecule has 14 nitrogen and oxygen atoms in total. The average molecular weight is 873 g/mol. The molecule has 2 aromatic heterocycles. The first kappa shape index (κ1) is 48.7. The Morgan fingerprint density at radius 3 is 1.49 bits per heavy atom. The van der Waals surface area contributed by atoms with Crippen LogP contribution in [-0.2, 0) is 36.9 Å². The zero-order valence-corrected chi connectivity index (χ0v) is 38.9. The van der Waals surface area contributed by atoms with E-state index < -0.39 is 16.4 Å². The summed E-state index contributed by atoms with van der Waals surface area (Å²) in [6.07, 6.45) is 4.87. The van der Waals surface area contributed by atoms with Gasteiger partial charge >= 0.3 is 18.0 Å². The number of esters is 2. The highest BCUT2D eigenvalue weighted by Crippen LogP contribution is 2.39. The van der Waals surface area contributed by atoms with Crippen LogP contribution in [0.15, 0.2) is 58.1 Å². The molecule has 2 saturated heterocycles. The number of pyridine rings is 2. The highest BCUT2D eigenvalue weighted by Gasteiger charge is 2.44. The number of fused-ring (bicyclic) bond motifs is 2. The van der Waals surface area contributed by atoms with E-state index in [1.807, 2.05) is 77.9 Å². The van der Waals surface area contributed by atoms with Crippen LogP contribution in [0, 0.1) is 24.7 Å². The highest BCUT2D eigenvalue weighted by molar-refractivity contribution is 5.85. The van der Waals surface area contributed by atoms with Crippen LogP contribution in [0.5, 0.6) is 11.5 Å². The maximum Gasteiger partial charge on any atom is 0.410 e. The van der Waals surface area contributed by atoms with Gasteiger partial charge in [-0.25, -0.2) is 4.79 Å². The number of ether oxygens (including phenoxy) is 5. The summed E-state index contributed by atoms with van der Waals surface area (Å²) in [5.74, 6) is 1.09. The first-order chi connectivity index (χ1) is 30.0. The summed E-state index contributed by atoms with van der Waals surface area (Å²) in [4.78, 5) is 65.4. The molecule has 14 heteroatoms. The van der Waals surface area contributed by atoms with Gasteiger partial charge in [0.2, 0.25) is 0 Å². The zero-order chi connectivity index (χ0) is 46.0. The number of aryl methyl sites for hydroxylation is 4. The standard InChI is InChI=1S/C27H38N2O6.C22H30N2O4/c1-7-34-24(31)27(12-15-28(16-13-27)25(32)35-26(3,4)5)11-8-14-29-22-18-20(33-6)9-10-21(22)19(2)17-23(29)30;1-4-28-21(26)22(9-11-23-12-10-22)8-5-13-24-19-15-17(27-3)6-7-18(19)16(2)14-20(24)25/h9-10,17-18H,7-8,11-16H2,1-6H3;6-7,14-15,23H,4-5,8-13H2,1-3H3. The van der Waals surface area contributed by atoms with Gasteiger partial charge in [-0.2, -0.15) is 0 Å². The van der Waals surface area contributed by atoms with E-state index in [1.54, 1.807) is 47.3 Å². The maximum atomic E-state index is 13.0. The molecule has 0 unspecified atom stereocenters. The van der Waals surface area contributed by atoms with Crippen molar-refractivity contribution in [3.8, 4) is 11.5 Å². The van der Waals surface area contributed by atoms with Crippen LogP contribution in [0.1, 0.15) is 97.1 Å². The fraction of sp³-hybridized carbons (Fsp3) is 0.571. The fourth-order valence-electron chi connectivity index (χ4n) is 8.95. The van der Waals surface area contributed by atoms with Gasteiger partial charge in [-0.1, -0.05) is 0 Å². The number of nitrogens with zero attached hydrogens (tertiary/aromatic N) is 3. The molecule has 2 aliphatic rings. The first-order valence-electron chi connectivity index (χ1n) is 22.4. The molecule has 63 heavy (non-hydrogen) atoms. The van der Waals surface area contributed by atoms with Crippen molar-refractivity contribution in [1.82, 2.24) is 19.4 Å². The van der Waals surface area contributed by atoms with Crippen molar-refractivity contribution >= 4 is 39.8 Å². The minimum atomic E-state index is -0.684. The van der Waals surface area contributed by atoms with Crippen LogP contribution in [0.4, 0.5) is 4.79 Å². The van der Waals surface area contributed by atoms with E-state index in [0.29, 0.717) is 70.8 Å². The number of hydrogen-bond acceptors (Lipinski definition) is 11. The Bertz CT molecular complexity index is 2350. The van der Waals surface area contributed by atoms with Gasteiger partial charge < -0.3 is 43.0 Å². The van der Waals surface area contributed by atoms with Gasteiger partial charge in [0.25, 0.3) is 11.1 Å². The van der Waals surface area contributed by atoms with Gasteiger partial charge in [0.15, 0.2) is 0 Å². The molecular formula is C49H68N4O10.